The van der Waals surface area contributed by atoms with Crippen LogP contribution in [-0.4, -0.2) is 52.3 Å². The summed E-state index contributed by atoms with van der Waals surface area (Å²) in [5.41, 5.74) is 5.57. The van der Waals surface area contributed by atoms with Gasteiger partial charge in [-0.2, -0.15) is 5.10 Å². The molecule has 0 atom stereocenters. The van der Waals surface area contributed by atoms with E-state index in [1.807, 2.05) is 30.0 Å². The number of aryl methyl sites for hydroxylation is 1. The molecule has 0 aliphatic heterocycles. The van der Waals surface area contributed by atoms with E-state index in [9.17, 15) is 9.18 Å². The lowest BCUT2D eigenvalue weighted by molar-refractivity contribution is 0.0962. The predicted molar refractivity (Wildman–Crippen MR) is 132 cm³/mol. The van der Waals surface area contributed by atoms with Crippen LogP contribution >= 0.6 is 0 Å². The molecule has 8 nitrogen and oxygen atoms in total. The van der Waals surface area contributed by atoms with Crippen molar-refractivity contribution in [2.75, 3.05) is 25.0 Å². The Bertz CT molecular complexity index is 1320. The van der Waals surface area contributed by atoms with Gasteiger partial charge in [-0.15, -0.1) is 0 Å². The number of hydrogen-bond acceptors (Lipinski definition) is 6. The van der Waals surface area contributed by atoms with E-state index >= 15 is 0 Å². The summed E-state index contributed by atoms with van der Waals surface area (Å²) in [5, 5.41) is 13.0. The van der Waals surface area contributed by atoms with Gasteiger partial charge in [-0.1, -0.05) is 13.8 Å². The second-order valence-corrected chi connectivity index (χ2v) is 8.35. The number of fused-ring (bicyclic) bond motifs is 1. The van der Waals surface area contributed by atoms with Crippen molar-refractivity contribution in [1.29, 1.82) is 0 Å². The summed E-state index contributed by atoms with van der Waals surface area (Å²) in [6.45, 7) is 7.28. The molecule has 176 valence electrons. The van der Waals surface area contributed by atoms with Gasteiger partial charge >= 0.3 is 0 Å². The molecule has 0 aliphatic rings. The first-order valence-corrected chi connectivity index (χ1v) is 11.2. The molecule has 9 heteroatoms. The fourth-order valence-electron chi connectivity index (χ4n) is 3.79. The van der Waals surface area contributed by atoms with Gasteiger partial charge in [0.05, 0.1) is 28.6 Å². The lowest BCUT2D eigenvalue weighted by Gasteiger charge is -2.26. The molecule has 0 aliphatic carbocycles. The van der Waals surface area contributed by atoms with Crippen LogP contribution in [0.2, 0.25) is 0 Å². The standard InChI is InChI=1S/C25H28FN7O/c1-15(2)28-7-8-33(20-10-17(25(34)27-4)9-18(26)11-20)19-5-6-22-23(12-19)31-24(14-29-22)21-13-30-32-16(21)3/h5-6,9-15,28H,7-8H2,1-4H3,(H,27,34)(H,30,32). The largest absolute Gasteiger partial charge is 0.355 e. The highest BCUT2D eigenvalue weighted by atomic mass is 19.1. The van der Waals surface area contributed by atoms with Crippen LogP contribution in [-0.2, 0) is 0 Å². The van der Waals surface area contributed by atoms with Gasteiger partial charge in [0.1, 0.15) is 5.82 Å². The number of aromatic nitrogens is 4. The van der Waals surface area contributed by atoms with E-state index in [0.717, 1.165) is 28.2 Å². The van der Waals surface area contributed by atoms with E-state index < -0.39 is 5.82 Å². The number of nitrogens with one attached hydrogen (secondary N) is 3. The van der Waals surface area contributed by atoms with Gasteiger partial charge in [0.2, 0.25) is 0 Å². The Morgan fingerprint density at radius 1 is 1.15 bits per heavy atom. The molecule has 3 N–H and O–H groups in total. The van der Waals surface area contributed by atoms with Crippen molar-refractivity contribution < 1.29 is 9.18 Å². The summed E-state index contributed by atoms with van der Waals surface area (Å²) in [5.74, 6) is -0.818. The van der Waals surface area contributed by atoms with E-state index in [4.69, 9.17) is 4.98 Å². The average molecular weight is 462 g/mol. The second kappa shape index (κ2) is 9.96. The van der Waals surface area contributed by atoms with Crippen molar-refractivity contribution in [1.82, 2.24) is 30.8 Å². The van der Waals surface area contributed by atoms with Crippen LogP contribution in [0.25, 0.3) is 22.3 Å². The Labute approximate surface area is 197 Å². The molecule has 2 aromatic heterocycles. The van der Waals surface area contributed by atoms with Gasteiger partial charge in [0, 0.05) is 54.9 Å². The Morgan fingerprint density at radius 3 is 2.68 bits per heavy atom. The number of anilines is 2. The lowest BCUT2D eigenvalue weighted by atomic mass is 10.1. The number of halogens is 1. The molecule has 0 unspecified atom stereocenters. The average Bonchev–Trinajstić information content (AvgIpc) is 3.25. The van der Waals surface area contributed by atoms with E-state index in [1.165, 1.54) is 19.2 Å². The third-order valence-electron chi connectivity index (χ3n) is 5.52. The summed E-state index contributed by atoms with van der Waals surface area (Å²) in [7, 11) is 1.53. The van der Waals surface area contributed by atoms with Crippen LogP contribution in [0.5, 0.6) is 0 Å². The smallest absolute Gasteiger partial charge is 0.251 e. The molecule has 0 fully saturated rings. The molecule has 0 radical (unpaired) electrons. The topological polar surface area (TPSA) is 98.8 Å². The summed E-state index contributed by atoms with van der Waals surface area (Å²) in [4.78, 5) is 23.5. The van der Waals surface area contributed by atoms with Gasteiger partial charge in [-0.25, -0.2) is 9.37 Å². The van der Waals surface area contributed by atoms with E-state index in [0.29, 0.717) is 30.3 Å². The van der Waals surface area contributed by atoms with Crippen molar-refractivity contribution in [3.63, 3.8) is 0 Å². The summed E-state index contributed by atoms with van der Waals surface area (Å²) >= 11 is 0. The molecule has 4 rings (SSSR count). The maximum atomic E-state index is 14.5. The van der Waals surface area contributed by atoms with E-state index in [2.05, 4.69) is 39.7 Å². The molecular formula is C25H28FN7O. The first kappa shape index (κ1) is 23.3. The number of nitrogens with zero attached hydrogens (tertiary/aromatic N) is 4. The quantitative estimate of drug-likeness (QED) is 0.367. The Morgan fingerprint density at radius 2 is 1.97 bits per heavy atom. The van der Waals surface area contributed by atoms with Crippen molar-refractivity contribution in [3.8, 4) is 11.3 Å². The zero-order valence-corrected chi connectivity index (χ0v) is 19.7. The molecular weight excluding hydrogens is 433 g/mol. The Balaban J connectivity index is 1.77. The number of hydrogen-bond donors (Lipinski definition) is 3. The van der Waals surface area contributed by atoms with Gasteiger partial charge in [-0.3, -0.25) is 14.9 Å². The molecule has 1 amide bonds. The number of amides is 1. The fraction of sp³-hybridized carbons (Fsp3) is 0.280. The van der Waals surface area contributed by atoms with Crippen LogP contribution in [0.15, 0.2) is 48.8 Å². The number of rotatable bonds is 8. The number of aromatic amines is 1. The predicted octanol–water partition coefficient (Wildman–Crippen LogP) is 3.96. The minimum Gasteiger partial charge on any atom is -0.355 e. The number of benzene rings is 2. The molecule has 2 aromatic carbocycles. The van der Waals surface area contributed by atoms with Gasteiger partial charge in [-0.05, 0) is 43.3 Å². The normalized spacial score (nSPS) is 11.2. The van der Waals surface area contributed by atoms with E-state index in [-0.39, 0.29) is 11.5 Å². The van der Waals surface area contributed by atoms with Gasteiger partial charge < -0.3 is 15.5 Å². The van der Waals surface area contributed by atoms with Gasteiger partial charge in [0.15, 0.2) is 0 Å². The molecule has 0 spiro atoms. The highest BCUT2D eigenvalue weighted by Gasteiger charge is 2.16. The number of carbonyl (C=O) groups excluding carboxylic acids is 1. The Hall–Kier alpha value is -3.85. The van der Waals surface area contributed by atoms with Crippen molar-refractivity contribution in [2.24, 2.45) is 0 Å². The molecule has 2 heterocycles. The first-order chi connectivity index (χ1) is 16.4. The third kappa shape index (κ3) is 5.04. The lowest BCUT2D eigenvalue weighted by Crippen LogP contribution is -2.32. The van der Waals surface area contributed by atoms with Gasteiger partial charge in [0.25, 0.3) is 5.91 Å². The maximum Gasteiger partial charge on any atom is 0.251 e. The molecule has 0 saturated carbocycles. The summed E-state index contributed by atoms with van der Waals surface area (Å²) in [6, 6.07) is 10.4. The van der Waals surface area contributed by atoms with E-state index in [1.54, 1.807) is 18.5 Å². The minimum absolute atomic E-state index is 0.262. The number of H-pyrrole nitrogens is 1. The summed E-state index contributed by atoms with van der Waals surface area (Å²) < 4.78 is 14.5. The molecule has 4 aromatic rings. The fourth-order valence-corrected chi connectivity index (χ4v) is 3.79. The minimum atomic E-state index is -0.476. The van der Waals surface area contributed by atoms with Crippen molar-refractivity contribution in [3.05, 3.63) is 65.9 Å². The highest BCUT2D eigenvalue weighted by molar-refractivity contribution is 5.95. The monoisotopic (exact) mass is 461 g/mol. The second-order valence-electron chi connectivity index (χ2n) is 8.35. The first-order valence-electron chi connectivity index (χ1n) is 11.2. The molecule has 0 bridgehead atoms. The highest BCUT2D eigenvalue weighted by Crippen LogP contribution is 2.30. The number of carbonyl (C=O) groups is 1. The van der Waals surface area contributed by atoms with Crippen LogP contribution in [0.1, 0.15) is 29.9 Å². The molecule has 34 heavy (non-hydrogen) atoms. The maximum absolute atomic E-state index is 14.5. The van der Waals surface area contributed by atoms with Crippen LogP contribution in [0.4, 0.5) is 15.8 Å². The third-order valence-corrected chi connectivity index (χ3v) is 5.52. The zero-order valence-electron chi connectivity index (χ0n) is 19.7. The van der Waals surface area contributed by atoms with Crippen molar-refractivity contribution in [2.45, 2.75) is 26.8 Å². The molecule has 0 saturated heterocycles. The van der Waals surface area contributed by atoms with Crippen molar-refractivity contribution >= 4 is 28.3 Å². The SMILES string of the molecule is CNC(=O)c1cc(F)cc(N(CCNC(C)C)c2ccc3ncc(-c4c[nH]nc4C)nc3c2)c1. The zero-order chi connectivity index (χ0) is 24.2. The van der Waals surface area contributed by atoms with Crippen LogP contribution < -0.4 is 15.5 Å². The Kier molecular flexibility index (Phi) is 6.83. The summed E-state index contributed by atoms with van der Waals surface area (Å²) in [6.07, 6.45) is 3.53. The van der Waals surface area contributed by atoms with Crippen LogP contribution in [0, 0.1) is 12.7 Å². The van der Waals surface area contributed by atoms with Crippen LogP contribution in [0.3, 0.4) is 0 Å².